The number of para-hydroxylation sites is 1. The Hall–Kier alpha value is -3.83. The molecule has 0 bridgehead atoms. The number of carbonyl (C=O) groups excluding carboxylic acids is 3. The number of rotatable bonds is 17. The first-order chi connectivity index (χ1) is 21.9. The summed E-state index contributed by atoms with van der Waals surface area (Å²) < 4.78 is 21.0. The van der Waals surface area contributed by atoms with Gasteiger partial charge >= 0.3 is 12.2 Å². The number of anilines is 1. The number of carbonyl (C=O) groups is 3. The van der Waals surface area contributed by atoms with Crippen molar-refractivity contribution < 1.29 is 33.3 Å². The van der Waals surface area contributed by atoms with E-state index in [1.54, 1.807) is 32.9 Å². The third-order valence-corrected chi connectivity index (χ3v) is 5.81. The third kappa shape index (κ3) is 23.2. The van der Waals surface area contributed by atoms with Crippen LogP contribution in [0.4, 0.5) is 15.3 Å². The number of benzene rings is 1. The third-order valence-electron chi connectivity index (χ3n) is 5.81. The second-order valence-corrected chi connectivity index (χ2v) is 13.2. The standard InChI is InChI=1S/C18H30N2O4.C18H30N2O3/c1-8-9-15(14(4)13(2)3)20-16(21)12-23-11-10-19-17(22)24-18(5,6)7;1-14(2)15-8-6-7-9-16(15)19-10-12-22-13-11-20-17(21)23-18(3,4)5/h8-9,13H,1,4,10-12H2,2-3,5-7H3,(H,19,22)(H,20,21);6-9,14,19H,10-13H2,1-5H3,(H,20,21)/b15-9+;. The van der Waals surface area contributed by atoms with E-state index >= 15 is 0 Å². The Kier molecular flexibility index (Phi) is 20.8. The summed E-state index contributed by atoms with van der Waals surface area (Å²) >= 11 is 0. The molecule has 0 saturated carbocycles. The summed E-state index contributed by atoms with van der Waals surface area (Å²) in [4.78, 5) is 34.7. The number of hydrogen-bond acceptors (Lipinski definition) is 8. The molecule has 0 heterocycles. The van der Waals surface area contributed by atoms with Crippen LogP contribution in [0.15, 0.2) is 60.8 Å². The summed E-state index contributed by atoms with van der Waals surface area (Å²) in [5.41, 5.74) is 2.88. The van der Waals surface area contributed by atoms with Crippen molar-refractivity contribution >= 4 is 23.8 Å². The maximum absolute atomic E-state index is 11.9. The van der Waals surface area contributed by atoms with Gasteiger partial charge in [0.2, 0.25) is 5.91 Å². The predicted molar refractivity (Wildman–Crippen MR) is 190 cm³/mol. The molecule has 266 valence electrons. The van der Waals surface area contributed by atoms with E-state index in [1.807, 2.05) is 40.7 Å². The van der Waals surface area contributed by atoms with Crippen LogP contribution in [0.2, 0.25) is 0 Å². The minimum Gasteiger partial charge on any atom is -0.444 e. The number of ether oxygens (including phenoxy) is 4. The van der Waals surface area contributed by atoms with Gasteiger partial charge in [0.1, 0.15) is 17.8 Å². The molecular formula is C36H60N4O7. The fraction of sp³-hybridized carbons (Fsp3) is 0.583. The van der Waals surface area contributed by atoms with Crippen LogP contribution in [0, 0.1) is 5.92 Å². The van der Waals surface area contributed by atoms with Crippen molar-refractivity contribution in [2.75, 3.05) is 51.4 Å². The van der Waals surface area contributed by atoms with Gasteiger partial charge in [0.25, 0.3) is 0 Å². The van der Waals surface area contributed by atoms with Gasteiger partial charge in [-0.05, 0) is 76.7 Å². The number of allylic oxidation sites excluding steroid dienone is 3. The molecule has 47 heavy (non-hydrogen) atoms. The Labute approximate surface area is 282 Å². The molecule has 1 aromatic carbocycles. The highest BCUT2D eigenvalue weighted by molar-refractivity contribution is 5.80. The normalized spacial score (nSPS) is 11.6. The molecule has 0 aliphatic rings. The van der Waals surface area contributed by atoms with Crippen molar-refractivity contribution in [3.05, 3.63) is 66.4 Å². The van der Waals surface area contributed by atoms with Gasteiger partial charge < -0.3 is 40.2 Å². The van der Waals surface area contributed by atoms with Crippen LogP contribution in [0.25, 0.3) is 0 Å². The van der Waals surface area contributed by atoms with E-state index in [-0.39, 0.29) is 31.6 Å². The Morgan fingerprint density at radius 2 is 1.32 bits per heavy atom. The van der Waals surface area contributed by atoms with Crippen LogP contribution in [0.5, 0.6) is 0 Å². The fourth-order valence-corrected chi connectivity index (χ4v) is 3.61. The van der Waals surface area contributed by atoms with Crippen LogP contribution in [-0.2, 0) is 23.7 Å². The van der Waals surface area contributed by atoms with Crippen molar-refractivity contribution in [2.45, 2.75) is 86.4 Å². The summed E-state index contributed by atoms with van der Waals surface area (Å²) in [6, 6.07) is 8.30. The topological polar surface area (TPSA) is 136 Å². The SMILES string of the molecule is C=C/C=C(/NC(=O)COCCNC(=O)OC(C)(C)C)C(=C)C(C)C.CC(C)c1ccccc1NCCOCCNC(=O)OC(C)(C)C. The smallest absolute Gasteiger partial charge is 0.407 e. The molecule has 0 saturated heterocycles. The molecule has 0 spiro atoms. The van der Waals surface area contributed by atoms with Gasteiger partial charge in [0, 0.05) is 31.0 Å². The molecule has 11 heteroatoms. The summed E-state index contributed by atoms with van der Waals surface area (Å²) in [7, 11) is 0. The summed E-state index contributed by atoms with van der Waals surface area (Å²) in [6.07, 6.45) is 2.36. The highest BCUT2D eigenvalue weighted by Gasteiger charge is 2.16. The summed E-state index contributed by atoms with van der Waals surface area (Å²) in [5.74, 6) is 0.398. The van der Waals surface area contributed by atoms with Crippen LogP contribution in [0.3, 0.4) is 0 Å². The zero-order valence-corrected chi connectivity index (χ0v) is 30.3. The molecule has 0 aromatic heterocycles. The first-order valence-electron chi connectivity index (χ1n) is 16.1. The van der Waals surface area contributed by atoms with Crippen LogP contribution >= 0.6 is 0 Å². The monoisotopic (exact) mass is 660 g/mol. The Bertz CT molecular complexity index is 1150. The highest BCUT2D eigenvalue weighted by atomic mass is 16.6. The Balaban J connectivity index is 0.000000901. The molecule has 1 aromatic rings. The lowest BCUT2D eigenvalue weighted by atomic mass is 10.0. The largest absolute Gasteiger partial charge is 0.444 e. The molecule has 0 fully saturated rings. The highest BCUT2D eigenvalue weighted by Crippen LogP contribution is 2.23. The van der Waals surface area contributed by atoms with E-state index in [9.17, 15) is 14.4 Å². The second-order valence-electron chi connectivity index (χ2n) is 13.2. The van der Waals surface area contributed by atoms with Gasteiger partial charge in [0.15, 0.2) is 0 Å². The molecule has 0 unspecified atom stereocenters. The molecule has 11 nitrogen and oxygen atoms in total. The van der Waals surface area contributed by atoms with Gasteiger partial charge in [-0.1, -0.05) is 65.1 Å². The number of nitrogens with one attached hydrogen (secondary N) is 4. The molecule has 1 rings (SSSR count). The molecule has 0 atom stereocenters. The zero-order chi connectivity index (χ0) is 36.0. The van der Waals surface area contributed by atoms with Gasteiger partial charge in [0.05, 0.1) is 19.8 Å². The maximum Gasteiger partial charge on any atom is 0.407 e. The van der Waals surface area contributed by atoms with Gasteiger partial charge in [-0.2, -0.15) is 0 Å². The molecule has 4 N–H and O–H groups in total. The van der Waals surface area contributed by atoms with E-state index in [1.165, 1.54) is 5.56 Å². The van der Waals surface area contributed by atoms with E-state index in [4.69, 9.17) is 18.9 Å². The summed E-state index contributed by atoms with van der Waals surface area (Å²) in [5, 5.41) is 11.3. The number of amides is 3. The van der Waals surface area contributed by atoms with Crippen molar-refractivity contribution in [2.24, 2.45) is 5.92 Å². The van der Waals surface area contributed by atoms with E-state index in [2.05, 4.69) is 66.5 Å². The molecule has 0 aliphatic carbocycles. The van der Waals surface area contributed by atoms with E-state index < -0.39 is 23.4 Å². The molecule has 3 amide bonds. The van der Waals surface area contributed by atoms with E-state index in [0.29, 0.717) is 31.4 Å². The van der Waals surface area contributed by atoms with Crippen molar-refractivity contribution in [1.82, 2.24) is 16.0 Å². The van der Waals surface area contributed by atoms with Crippen molar-refractivity contribution in [3.8, 4) is 0 Å². The van der Waals surface area contributed by atoms with Crippen LogP contribution in [0.1, 0.15) is 80.7 Å². The minimum atomic E-state index is -0.544. The lowest BCUT2D eigenvalue weighted by Crippen LogP contribution is -2.35. The molecular weight excluding hydrogens is 600 g/mol. The number of alkyl carbamates (subject to hydrolysis) is 2. The first-order valence-corrected chi connectivity index (χ1v) is 16.1. The second kappa shape index (κ2) is 22.7. The fourth-order valence-electron chi connectivity index (χ4n) is 3.61. The average molecular weight is 661 g/mol. The molecule has 0 radical (unpaired) electrons. The quantitative estimate of drug-likeness (QED) is 0.107. The van der Waals surface area contributed by atoms with Gasteiger partial charge in [-0.25, -0.2) is 9.59 Å². The minimum absolute atomic E-state index is 0.115. The molecule has 0 aliphatic heterocycles. The lowest BCUT2D eigenvalue weighted by Gasteiger charge is -2.19. The Morgan fingerprint density at radius 3 is 1.81 bits per heavy atom. The van der Waals surface area contributed by atoms with Gasteiger partial charge in [-0.3, -0.25) is 4.79 Å². The first kappa shape index (κ1) is 43.2. The zero-order valence-electron chi connectivity index (χ0n) is 30.3. The Morgan fingerprint density at radius 1 is 0.809 bits per heavy atom. The average Bonchev–Trinajstić information content (AvgIpc) is 2.94. The van der Waals surface area contributed by atoms with E-state index in [0.717, 1.165) is 17.8 Å². The number of hydrogen-bond donors (Lipinski definition) is 4. The predicted octanol–water partition coefficient (Wildman–Crippen LogP) is 6.69. The maximum atomic E-state index is 11.9. The van der Waals surface area contributed by atoms with Crippen molar-refractivity contribution in [1.29, 1.82) is 0 Å². The van der Waals surface area contributed by atoms with Gasteiger partial charge in [-0.15, -0.1) is 0 Å². The van der Waals surface area contributed by atoms with Crippen LogP contribution in [-0.4, -0.2) is 75.4 Å². The lowest BCUT2D eigenvalue weighted by molar-refractivity contribution is -0.124. The van der Waals surface area contributed by atoms with Crippen LogP contribution < -0.4 is 21.3 Å². The van der Waals surface area contributed by atoms with Crippen molar-refractivity contribution in [3.63, 3.8) is 0 Å². The summed E-state index contributed by atoms with van der Waals surface area (Å²) in [6.45, 7) is 29.4.